The van der Waals surface area contributed by atoms with E-state index >= 15 is 0 Å². The van der Waals surface area contributed by atoms with Crippen LogP contribution in [0.25, 0.3) is 0 Å². The third kappa shape index (κ3) is 6.63. The Hall–Kier alpha value is -3.24. The molecular weight excluding hydrogens is 412 g/mol. The number of hydrogen-bond acceptors (Lipinski definition) is 7. The first kappa shape index (κ1) is 23.4. The molecule has 1 saturated heterocycles. The van der Waals surface area contributed by atoms with Gasteiger partial charge in [-0.05, 0) is 12.5 Å². The minimum Gasteiger partial charge on any atom is -0.462 e. The van der Waals surface area contributed by atoms with Crippen molar-refractivity contribution in [3.8, 4) is 0 Å². The van der Waals surface area contributed by atoms with E-state index in [4.69, 9.17) is 4.74 Å². The maximum absolute atomic E-state index is 12.5. The number of aryl methyl sites for hydroxylation is 1. The van der Waals surface area contributed by atoms with E-state index in [9.17, 15) is 14.4 Å². The minimum atomic E-state index is -0.518. The number of piperazine rings is 1. The van der Waals surface area contributed by atoms with Gasteiger partial charge in [-0.15, -0.1) is 0 Å². The molecule has 2 N–H and O–H groups in total. The Morgan fingerprint density at radius 1 is 1.00 bits per heavy atom. The predicted molar refractivity (Wildman–Crippen MR) is 119 cm³/mol. The van der Waals surface area contributed by atoms with Crippen molar-refractivity contribution in [3.05, 3.63) is 47.7 Å². The minimum absolute atomic E-state index is 0.0113. The SMILES string of the molecule is CCOC(=O)c1cnn(C)c1NC(=O)CN1CCN(CC(=O)NCc2ccccc2)CC1. The summed E-state index contributed by atoms with van der Waals surface area (Å²) < 4.78 is 6.45. The molecule has 0 spiro atoms. The van der Waals surface area contributed by atoms with Crippen molar-refractivity contribution >= 4 is 23.6 Å². The van der Waals surface area contributed by atoms with Crippen molar-refractivity contribution in [3.63, 3.8) is 0 Å². The second-order valence-corrected chi connectivity index (χ2v) is 7.61. The number of nitrogens with one attached hydrogen (secondary N) is 2. The van der Waals surface area contributed by atoms with Crippen LogP contribution in [0.1, 0.15) is 22.8 Å². The van der Waals surface area contributed by atoms with Crippen LogP contribution in [0.4, 0.5) is 5.82 Å². The van der Waals surface area contributed by atoms with Crippen LogP contribution in [-0.4, -0.2) is 83.2 Å². The standard InChI is InChI=1S/C22H30N6O4/c1-3-32-22(31)18-14-24-26(2)21(18)25-20(30)16-28-11-9-27(10-12-28)15-19(29)23-13-17-7-5-4-6-8-17/h4-8,14H,3,9-13,15-16H2,1-2H3,(H,23,29)(H,25,30). The first-order valence-corrected chi connectivity index (χ1v) is 10.7. The zero-order valence-electron chi connectivity index (χ0n) is 18.5. The Labute approximate surface area is 187 Å². The average Bonchev–Trinajstić information content (AvgIpc) is 3.14. The highest BCUT2D eigenvalue weighted by molar-refractivity contribution is 6.00. The van der Waals surface area contributed by atoms with Gasteiger partial charge >= 0.3 is 5.97 Å². The quantitative estimate of drug-likeness (QED) is 0.544. The number of aromatic nitrogens is 2. The maximum atomic E-state index is 12.5. The lowest BCUT2D eigenvalue weighted by Gasteiger charge is -2.33. The van der Waals surface area contributed by atoms with Crippen LogP contribution < -0.4 is 10.6 Å². The normalized spacial score (nSPS) is 14.7. The fourth-order valence-corrected chi connectivity index (χ4v) is 3.48. The highest BCUT2D eigenvalue weighted by Crippen LogP contribution is 2.15. The lowest BCUT2D eigenvalue weighted by atomic mass is 10.2. The molecule has 1 aromatic heterocycles. The number of carbonyl (C=O) groups is 3. The molecule has 2 heterocycles. The Kier molecular flexibility index (Phi) is 8.34. The van der Waals surface area contributed by atoms with Crippen molar-refractivity contribution in [1.29, 1.82) is 0 Å². The lowest BCUT2D eigenvalue weighted by molar-refractivity contribution is -0.123. The monoisotopic (exact) mass is 442 g/mol. The number of rotatable bonds is 9. The molecule has 0 saturated carbocycles. The fourth-order valence-electron chi connectivity index (χ4n) is 3.48. The highest BCUT2D eigenvalue weighted by atomic mass is 16.5. The molecule has 0 atom stereocenters. The molecule has 0 aliphatic carbocycles. The average molecular weight is 443 g/mol. The molecule has 2 amide bonds. The van der Waals surface area contributed by atoms with Crippen molar-refractivity contribution in [2.45, 2.75) is 13.5 Å². The van der Waals surface area contributed by atoms with Gasteiger partial charge in [0.25, 0.3) is 0 Å². The predicted octanol–water partition coefficient (Wildman–Crippen LogP) is 0.469. The summed E-state index contributed by atoms with van der Waals surface area (Å²) in [5.74, 6) is -0.437. The van der Waals surface area contributed by atoms with Gasteiger partial charge in [-0.25, -0.2) is 4.79 Å². The highest BCUT2D eigenvalue weighted by Gasteiger charge is 2.23. The van der Waals surface area contributed by atoms with Crippen LogP contribution in [-0.2, 0) is 27.9 Å². The summed E-state index contributed by atoms with van der Waals surface area (Å²) in [6, 6.07) is 9.79. The molecule has 172 valence electrons. The third-order valence-corrected chi connectivity index (χ3v) is 5.22. The number of amides is 2. The van der Waals surface area contributed by atoms with Crippen LogP contribution in [0.15, 0.2) is 36.5 Å². The molecule has 1 aromatic carbocycles. The van der Waals surface area contributed by atoms with Crippen molar-refractivity contribution in [2.24, 2.45) is 7.05 Å². The van der Waals surface area contributed by atoms with E-state index in [0.717, 1.165) is 5.56 Å². The maximum Gasteiger partial charge on any atom is 0.343 e. The summed E-state index contributed by atoms with van der Waals surface area (Å²) in [5.41, 5.74) is 1.30. The number of nitrogens with zero attached hydrogens (tertiary/aromatic N) is 4. The van der Waals surface area contributed by atoms with Crippen LogP contribution >= 0.6 is 0 Å². The third-order valence-electron chi connectivity index (χ3n) is 5.22. The van der Waals surface area contributed by atoms with Crippen LogP contribution in [0.3, 0.4) is 0 Å². The van der Waals surface area contributed by atoms with E-state index < -0.39 is 5.97 Å². The Morgan fingerprint density at radius 3 is 2.25 bits per heavy atom. The zero-order chi connectivity index (χ0) is 22.9. The molecule has 2 aromatic rings. The van der Waals surface area contributed by atoms with Gasteiger partial charge in [0.15, 0.2) is 0 Å². The van der Waals surface area contributed by atoms with E-state index in [1.54, 1.807) is 14.0 Å². The Morgan fingerprint density at radius 2 is 1.62 bits per heavy atom. The van der Waals surface area contributed by atoms with Crippen molar-refractivity contribution in [1.82, 2.24) is 24.9 Å². The number of hydrogen-bond donors (Lipinski definition) is 2. The smallest absolute Gasteiger partial charge is 0.343 e. The van der Waals surface area contributed by atoms with E-state index in [2.05, 4.69) is 20.6 Å². The first-order valence-electron chi connectivity index (χ1n) is 10.7. The summed E-state index contributed by atoms with van der Waals surface area (Å²) in [6.07, 6.45) is 1.38. The van der Waals surface area contributed by atoms with E-state index in [0.29, 0.717) is 45.1 Å². The van der Waals surface area contributed by atoms with Crippen molar-refractivity contribution in [2.75, 3.05) is 51.2 Å². The first-order chi connectivity index (χ1) is 15.5. The van der Waals surface area contributed by atoms with Gasteiger partial charge in [-0.3, -0.25) is 24.1 Å². The summed E-state index contributed by atoms with van der Waals surface area (Å²) in [7, 11) is 1.65. The summed E-state index contributed by atoms with van der Waals surface area (Å²) >= 11 is 0. The molecule has 1 aliphatic heterocycles. The summed E-state index contributed by atoms with van der Waals surface area (Å²) in [4.78, 5) is 40.9. The molecule has 0 radical (unpaired) electrons. The molecular formula is C22H30N6O4. The van der Waals surface area contributed by atoms with Gasteiger partial charge in [0.05, 0.1) is 25.9 Å². The molecule has 0 bridgehead atoms. The van der Waals surface area contributed by atoms with Gasteiger partial charge in [-0.2, -0.15) is 5.10 Å². The number of benzene rings is 1. The van der Waals surface area contributed by atoms with Crippen LogP contribution in [0, 0.1) is 0 Å². The largest absolute Gasteiger partial charge is 0.462 e. The number of esters is 1. The van der Waals surface area contributed by atoms with Gasteiger partial charge in [0.1, 0.15) is 11.4 Å². The molecule has 10 heteroatoms. The number of ether oxygens (including phenoxy) is 1. The summed E-state index contributed by atoms with van der Waals surface area (Å²) in [6.45, 7) is 5.77. The number of carbonyl (C=O) groups excluding carboxylic acids is 3. The van der Waals surface area contributed by atoms with E-state index in [1.807, 2.05) is 35.2 Å². The fraction of sp³-hybridized carbons (Fsp3) is 0.455. The Bertz CT molecular complexity index is 922. The van der Waals surface area contributed by atoms with Crippen LogP contribution in [0.5, 0.6) is 0 Å². The molecule has 3 rings (SSSR count). The second kappa shape index (κ2) is 11.4. The number of anilines is 1. The van der Waals surface area contributed by atoms with Gasteiger partial charge in [0.2, 0.25) is 11.8 Å². The van der Waals surface area contributed by atoms with Gasteiger partial charge in [-0.1, -0.05) is 30.3 Å². The van der Waals surface area contributed by atoms with E-state index in [1.165, 1.54) is 10.9 Å². The van der Waals surface area contributed by atoms with Crippen LogP contribution in [0.2, 0.25) is 0 Å². The molecule has 32 heavy (non-hydrogen) atoms. The Balaban J connectivity index is 1.40. The van der Waals surface area contributed by atoms with Gasteiger partial charge < -0.3 is 15.4 Å². The topological polar surface area (TPSA) is 109 Å². The molecule has 1 fully saturated rings. The van der Waals surface area contributed by atoms with Crippen molar-refractivity contribution < 1.29 is 19.1 Å². The van der Waals surface area contributed by atoms with Gasteiger partial charge in [0, 0.05) is 39.8 Å². The van der Waals surface area contributed by atoms with E-state index in [-0.39, 0.29) is 30.5 Å². The second-order valence-electron chi connectivity index (χ2n) is 7.61. The zero-order valence-corrected chi connectivity index (χ0v) is 18.5. The summed E-state index contributed by atoms with van der Waals surface area (Å²) in [5, 5.41) is 9.74. The molecule has 10 nitrogen and oxygen atoms in total. The molecule has 0 unspecified atom stereocenters. The lowest BCUT2D eigenvalue weighted by Crippen LogP contribution is -2.51. The molecule has 1 aliphatic rings.